The minimum absolute atomic E-state index is 0.0613. The Morgan fingerprint density at radius 2 is 2.08 bits per heavy atom. The number of carbonyl (C=O) groups is 1. The van der Waals surface area contributed by atoms with Gasteiger partial charge in [-0.25, -0.2) is 9.78 Å². The Kier molecular flexibility index (Phi) is 4.15. The molecule has 0 amide bonds. The van der Waals surface area contributed by atoms with Gasteiger partial charge in [-0.1, -0.05) is 12.1 Å². The zero-order valence-electron chi connectivity index (χ0n) is 14.2. The molecule has 3 aromatic rings. The molecule has 130 valence electrons. The summed E-state index contributed by atoms with van der Waals surface area (Å²) in [5.41, 5.74) is 3.76. The summed E-state index contributed by atoms with van der Waals surface area (Å²) < 4.78 is 5.29. The van der Waals surface area contributed by atoms with Crippen molar-refractivity contribution in [3.8, 4) is 0 Å². The summed E-state index contributed by atoms with van der Waals surface area (Å²) in [6.07, 6.45) is 4.09. The van der Waals surface area contributed by atoms with Gasteiger partial charge in [0, 0.05) is 35.5 Å². The highest BCUT2D eigenvalue weighted by atomic mass is 16.5. The number of rotatable bonds is 5. The fraction of sp³-hybridized carbons (Fsp3) is 0.368. The van der Waals surface area contributed by atoms with Gasteiger partial charge in [0.15, 0.2) is 5.69 Å². The largest absolute Gasteiger partial charge is 0.477 e. The molecule has 0 saturated carbocycles. The maximum absolute atomic E-state index is 11.6. The van der Waals surface area contributed by atoms with Gasteiger partial charge in [0.1, 0.15) is 0 Å². The van der Waals surface area contributed by atoms with Gasteiger partial charge >= 0.3 is 5.97 Å². The van der Waals surface area contributed by atoms with Crippen LogP contribution in [0, 0.1) is 0 Å². The van der Waals surface area contributed by atoms with Crippen LogP contribution in [0.5, 0.6) is 0 Å². The van der Waals surface area contributed by atoms with Crippen molar-refractivity contribution < 1.29 is 14.6 Å². The Morgan fingerprint density at radius 3 is 2.80 bits per heavy atom. The standard InChI is InChI=1S/C19H21N3O3/c1-25-11-13-17-15(9-20-18(13)19(23)24)21-14-6-4-5-12(16(14)17)10-22-7-2-3-8-22/h4-6,9,21H,2-3,7-8,10-11H2,1H3,(H,23,24). The number of benzene rings is 1. The molecule has 3 heterocycles. The number of H-pyrrole nitrogens is 1. The zero-order chi connectivity index (χ0) is 17.4. The van der Waals surface area contributed by atoms with Gasteiger partial charge in [-0.2, -0.15) is 0 Å². The fourth-order valence-corrected chi connectivity index (χ4v) is 3.86. The molecular formula is C19H21N3O3. The zero-order valence-corrected chi connectivity index (χ0v) is 14.2. The minimum atomic E-state index is -1.03. The molecule has 4 rings (SSSR count). The number of aromatic amines is 1. The predicted octanol–water partition coefficient (Wildman–Crippen LogP) is 3.16. The number of aromatic carboxylic acids is 1. The monoisotopic (exact) mass is 339 g/mol. The van der Waals surface area contributed by atoms with Gasteiger partial charge in [-0.05, 0) is 37.6 Å². The number of methoxy groups -OCH3 is 1. The van der Waals surface area contributed by atoms with Crippen molar-refractivity contribution in [3.63, 3.8) is 0 Å². The summed E-state index contributed by atoms with van der Waals surface area (Å²) in [6.45, 7) is 3.33. The summed E-state index contributed by atoms with van der Waals surface area (Å²) in [5, 5.41) is 11.5. The first-order chi connectivity index (χ1) is 12.2. The number of pyridine rings is 1. The third kappa shape index (κ3) is 2.77. The fourth-order valence-electron chi connectivity index (χ4n) is 3.86. The van der Waals surface area contributed by atoms with E-state index in [4.69, 9.17) is 4.74 Å². The lowest BCUT2D eigenvalue weighted by Gasteiger charge is -2.16. The molecule has 0 spiro atoms. The van der Waals surface area contributed by atoms with Crippen LogP contribution in [0.2, 0.25) is 0 Å². The van der Waals surface area contributed by atoms with E-state index in [1.807, 2.05) is 12.1 Å². The summed E-state index contributed by atoms with van der Waals surface area (Å²) in [7, 11) is 1.57. The van der Waals surface area contributed by atoms with Crippen LogP contribution in [-0.4, -0.2) is 46.1 Å². The third-order valence-corrected chi connectivity index (χ3v) is 4.93. The number of hydrogen-bond acceptors (Lipinski definition) is 4. The molecule has 6 nitrogen and oxygen atoms in total. The van der Waals surface area contributed by atoms with Crippen molar-refractivity contribution in [1.82, 2.24) is 14.9 Å². The Balaban J connectivity index is 1.97. The van der Waals surface area contributed by atoms with Crippen molar-refractivity contribution in [3.05, 3.63) is 41.2 Å². The van der Waals surface area contributed by atoms with Gasteiger partial charge in [0.25, 0.3) is 0 Å². The molecule has 6 heteroatoms. The van der Waals surface area contributed by atoms with E-state index in [0.717, 1.165) is 41.4 Å². The van der Waals surface area contributed by atoms with E-state index in [2.05, 4.69) is 20.9 Å². The van der Waals surface area contributed by atoms with Crippen molar-refractivity contribution in [2.45, 2.75) is 26.0 Å². The molecule has 0 radical (unpaired) electrons. The quantitative estimate of drug-likeness (QED) is 0.746. The van der Waals surface area contributed by atoms with E-state index >= 15 is 0 Å². The molecule has 1 aromatic carbocycles. The molecule has 1 aliphatic rings. The SMILES string of the molecule is COCc1c(C(=O)O)ncc2[nH]c3cccc(CN4CCCC4)c3c12. The molecule has 1 aliphatic heterocycles. The normalized spacial score (nSPS) is 15.4. The van der Waals surface area contributed by atoms with Crippen molar-refractivity contribution in [2.24, 2.45) is 0 Å². The van der Waals surface area contributed by atoms with Crippen molar-refractivity contribution in [2.75, 3.05) is 20.2 Å². The van der Waals surface area contributed by atoms with E-state index in [0.29, 0.717) is 5.56 Å². The molecule has 1 saturated heterocycles. The number of nitrogens with zero attached hydrogens (tertiary/aromatic N) is 2. The highest BCUT2D eigenvalue weighted by Crippen LogP contribution is 2.33. The second kappa shape index (κ2) is 6.46. The number of fused-ring (bicyclic) bond motifs is 3. The van der Waals surface area contributed by atoms with Crippen LogP contribution < -0.4 is 0 Å². The smallest absolute Gasteiger partial charge is 0.354 e. The molecular weight excluding hydrogens is 318 g/mol. The maximum atomic E-state index is 11.6. The molecule has 0 bridgehead atoms. The maximum Gasteiger partial charge on any atom is 0.354 e. The van der Waals surface area contributed by atoms with E-state index in [1.54, 1.807) is 13.3 Å². The summed E-state index contributed by atoms with van der Waals surface area (Å²) in [6, 6.07) is 6.20. The van der Waals surface area contributed by atoms with Gasteiger partial charge in [-0.3, -0.25) is 4.90 Å². The highest BCUT2D eigenvalue weighted by Gasteiger charge is 2.21. The molecule has 1 fully saturated rings. The van der Waals surface area contributed by atoms with Crippen LogP contribution in [0.4, 0.5) is 0 Å². The van der Waals surface area contributed by atoms with E-state index in [-0.39, 0.29) is 12.3 Å². The molecule has 0 atom stereocenters. The van der Waals surface area contributed by atoms with Crippen molar-refractivity contribution in [1.29, 1.82) is 0 Å². The summed E-state index contributed by atoms with van der Waals surface area (Å²) in [5.74, 6) is -1.03. The second-order valence-electron chi connectivity index (χ2n) is 6.56. The lowest BCUT2D eigenvalue weighted by Crippen LogP contribution is -2.18. The predicted molar refractivity (Wildman–Crippen MR) is 95.8 cm³/mol. The number of hydrogen-bond donors (Lipinski definition) is 2. The van der Waals surface area contributed by atoms with E-state index in [1.165, 1.54) is 18.4 Å². The van der Waals surface area contributed by atoms with E-state index in [9.17, 15) is 9.90 Å². The van der Waals surface area contributed by atoms with Gasteiger partial charge in [0.2, 0.25) is 0 Å². The van der Waals surface area contributed by atoms with Gasteiger partial charge in [0.05, 0.1) is 18.3 Å². The van der Waals surface area contributed by atoms with Crippen LogP contribution in [0.15, 0.2) is 24.4 Å². The summed E-state index contributed by atoms with van der Waals surface area (Å²) in [4.78, 5) is 21.6. The first kappa shape index (κ1) is 16.1. The third-order valence-electron chi connectivity index (χ3n) is 4.93. The average Bonchev–Trinajstić information content (AvgIpc) is 3.22. The molecule has 0 unspecified atom stereocenters. The molecule has 2 aromatic heterocycles. The number of carboxylic acids is 1. The average molecular weight is 339 g/mol. The van der Waals surface area contributed by atoms with Gasteiger partial charge in [-0.15, -0.1) is 0 Å². The highest BCUT2D eigenvalue weighted by molar-refractivity contribution is 6.12. The minimum Gasteiger partial charge on any atom is -0.477 e. The Morgan fingerprint density at radius 1 is 1.28 bits per heavy atom. The van der Waals surface area contributed by atoms with Crippen LogP contribution in [0.3, 0.4) is 0 Å². The lowest BCUT2D eigenvalue weighted by atomic mass is 10.0. The summed E-state index contributed by atoms with van der Waals surface area (Å²) >= 11 is 0. The Hall–Kier alpha value is -2.44. The van der Waals surface area contributed by atoms with Crippen LogP contribution in [0.1, 0.15) is 34.5 Å². The number of ether oxygens (including phenoxy) is 1. The number of likely N-dealkylation sites (tertiary alicyclic amines) is 1. The molecule has 0 aliphatic carbocycles. The lowest BCUT2D eigenvalue weighted by molar-refractivity contribution is 0.0685. The number of aromatic nitrogens is 2. The van der Waals surface area contributed by atoms with Crippen LogP contribution >= 0.6 is 0 Å². The van der Waals surface area contributed by atoms with Crippen LogP contribution in [-0.2, 0) is 17.9 Å². The Bertz CT molecular complexity index is 942. The topological polar surface area (TPSA) is 78.5 Å². The number of carboxylic acid groups (broad SMARTS) is 1. The molecule has 2 N–H and O–H groups in total. The van der Waals surface area contributed by atoms with Crippen molar-refractivity contribution >= 4 is 27.8 Å². The first-order valence-corrected chi connectivity index (χ1v) is 8.54. The van der Waals surface area contributed by atoms with Crippen LogP contribution in [0.25, 0.3) is 21.8 Å². The number of nitrogens with one attached hydrogen (secondary N) is 1. The van der Waals surface area contributed by atoms with E-state index < -0.39 is 5.97 Å². The Labute approximate surface area is 145 Å². The first-order valence-electron chi connectivity index (χ1n) is 8.54. The molecule has 25 heavy (non-hydrogen) atoms. The second-order valence-corrected chi connectivity index (χ2v) is 6.56. The van der Waals surface area contributed by atoms with Gasteiger partial charge < -0.3 is 14.8 Å².